The van der Waals surface area contributed by atoms with E-state index in [1.165, 1.54) is 11.8 Å². The summed E-state index contributed by atoms with van der Waals surface area (Å²) in [6.07, 6.45) is 1.91. The topological polar surface area (TPSA) is 80.1 Å². The van der Waals surface area contributed by atoms with Crippen molar-refractivity contribution in [2.24, 2.45) is 0 Å². The highest BCUT2D eigenvalue weighted by Crippen LogP contribution is 2.35. The van der Waals surface area contributed by atoms with Crippen LogP contribution < -0.4 is 14.8 Å². The third kappa shape index (κ3) is 4.44. The predicted molar refractivity (Wildman–Crippen MR) is 116 cm³/mol. The van der Waals surface area contributed by atoms with Gasteiger partial charge in [0.15, 0.2) is 16.7 Å². The van der Waals surface area contributed by atoms with Gasteiger partial charge in [-0.15, -0.1) is 0 Å². The predicted octanol–water partition coefficient (Wildman–Crippen LogP) is 4.93. The molecule has 0 spiro atoms. The van der Waals surface area contributed by atoms with Gasteiger partial charge >= 0.3 is 0 Å². The first-order valence-corrected chi connectivity index (χ1v) is 10.2. The van der Waals surface area contributed by atoms with Gasteiger partial charge in [0.1, 0.15) is 17.5 Å². The maximum atomic E-state index is 9.90. The van der Waals surface area contributed by atoms with E-state index in [-0.39, 0.29) is 6.04 Å². The molecule has 0 aliphatic heterocycles. The Morgan fingerprint density at radius 1 is 1.03 bits per heavy atom. The van der Waals surface area contributed by atoms with Crippen LogP contribution >= 0.6 is 11.8 Å². The molecule has 1 N–H and O–H groups in total. The van der Waals surface area contributed by atoms with Crippen LogP contribution in [0, 0.1) is 11.3 Å². The minimum atomic E-state index is -0.0221. The largest absolute Gasteiger partial charge is 0.493 e. The van der Waals surface area contributed by atoms with Crippen molar-refractivity contribution in [1.29, 1.82) is 5.26 Å². The summed E-state index contributed by atoms with van der Waals surface area (Å²) >= 11 is 1.42. The molecular weight excluding hydrogens is 384 g/mol. The van der Waals surface area contributed by atoms with E-state index >= 15 is 0 Å². The second-order valence-electron chi connectivity index (χ2n) is 6.24. The van der Waals surface area contributed by atoms with Gasteiger partial charge in [-0.05, 0) is 36.9 Å². The van der Waals surface area contributed by atoms with Gasteiger partial charge in [0.25, 0.3) is 0 Å². The summed E-state index contributed by atoms with van der Waals surface area (Å²) in [5.41, 5.74) is 2.80. The van der Waals surface area contributed by atoms with E-state index in [9.17, 15) is 5.26 Å². The fourth-order valence-corrected chi connectivity index (χ4v) is 3.33. The SMILES string of the molecule is COc1ccc(-c2nc(SC)nc(NC(C)c3ccccc3)c2C#N)cc1OC. The van der Waals surface area contributed by atoms with E-state index in [1.807, 2.05) is 55.6 Å². The summed E-state index contributed by atoms with van der Waals surface area (Å²) in [6, 6.07) is 17.7. The van der Waals surface area contributed by atoms with Crippen LogP contribution in [0.3, 0.4) is 0 Å². The molecule has 0 fully saturated rings. The Bertz CT molecular complexity index is 1030. The van der Waals surface area contributed by atoms with Crippen LogP contribution in [0.1, 0.15) is 24.1 Å². The highest BCUT2D eigenvalue weighted by atomic mass is 32.2. The number of anilines is 1. The summed E-state index contributed by atoms with van der Waals surface area (Å²) in [6.45, 7) is 2.04. The maximum absolute atomic E-state index is 9.90. The molecule has 6 nitrogen and oxygen atoms in total. The van der Waals surface area contributed by atoms with E-state index in [0.29, 0.717) is 33.7 Å². The third-order valence-electron chi connectivity index (χ3n) is 4.49. The Morgan fingerprint density at radius 2 is 1.76 bits per heavy atom. The highest BCUT2D eigenvalue weighted by molar-refractivity contribution is 7.98. The zero-order valence-electron chi connectivity index (χ0n) is 16.8. The van der Waals surface area contributed by atoms with Crippen molar-refractivity contribution in [3.05, 3.63) is 59.7 Å². The first-order chi connectivity index (χ1) is 14.1. The molecule has 0 bridgehead atoms. The molecule has 3 aromatic rings. The lowest BCUT2D eigenvalue weighted by Gasteiger charge is -2.18. The van der Waals surface area contributed by atoms with Crippen LogP contribution in [0.5, 0.6) is 11.5 Å². The zero-order chi connectivity index (χ0) is 20.8. The molecule has 1 atom stereocenters. The van der Waals surface area contributed by atoms with Crippen molar-refractivity contribution in [3.8, 4) is 28.8 Å². The van der Waals surface area contributed by atoms with Crippen molar-refractivity contribution in [2.45, 2.75) is 18.1 Å². The normalized spacial score (nSPS) is 11.4. The molecule has 0 aliphatic carbocycles. The third-order valence-corrected chi connectivity index (χ3v) is 5.04. The van der Waals surface area contributed by atoms with Crippen LogP contribution in [0.2, 0.25) is 0 Å². The number of rotatable bonds is 7. The molecule has 1 aromatic heterocycles. The highest BCUT2D eigenvalue weighted by Gasteiger charge is 2.19. The Morgan fingerprint density at radius 3 is 2.38 bits per heavy atom. The Labute approximate surface area is 174 Å². The number of hydrogen-bond acceptors (Lipinski definition) is 7. The first-order valence-electron chi connectivity index (χ1n) is 9.01. The number of ether oxygens (including phenoxy) is 2. The van der Waals surface area contributed by atoms with E-state index in [1.54, 1.807) is 20.3 Å². The quantitative estimate of drug-likeness (QED) is 0.440. The minimum Gasteiger partial charge on any atom is -0.493 e. The molecule has 29 heavy (non-hydrogen) atoms. The van der Waals surface area contributed by atoms with Crippen LogP contribution in [0.25, 0.3) is 11.3 Å². The van der Waals surface area contributed by atoms with Crippen LogP contribution in [0.4, 0.5) is 5.82 Å². The first kappa shape index (κ1) is 20.5. The Kier molecular flexibility index (Phi) is 6.57. The van der Waals surface area contributed by atoms with Gasteiger partial charge < -0.3 is 14.8 Å². The van der Waals surface area contributed by atoms with E-state index in [0.717, 1.165) is 11.1 Å². The van der Waals surface area contributed by atoms with Crippen molar-refractivity contribution >= 4 is 17.6 Å². The molecule has 2 aromatic carbocycles. The fourth-order valence-electron chi connectivity index (χ4n) is 2.96. The van der Waals surface area contributed by atoms with E-state index in [4.69, 9.17) is 9.47 Å². The summed E-state index contributed by atoms with van der Waals surface area (Å²) in [4.78, 5) is 9.15. The number of nitriles is 1. The minimum absolute atomic E-state index is 0.0221. The number of nitrogens with zero attached hydrogens (tertiary/aromatic N) is 3. The molecular formula is C22H22N4O2S. The van der Waals surface area contributed by atoms with Gasteiger partial charge in [-0.1, -0.05) is 42.1 Å². The molecule has 0 saturated carbocycles. The summed E-state index contributed by atoms with van der Waals surface area (Å²) in [5, 5.41) is 13.9. The van der Waals surface area contributed by atoms with Gasteiger partial charge in [-0.3, -0.25) is 0 Å². The van der Waals surface area contributed by atoms with Crippen LogP contribution in [-0.2, 0) is 0 Å². The molecule has 1 heterocycles. The van der Waals surface area contributed by atoms with Crippen molar-refractivity contribution < 1.29 is 9.47 Å². The summed E-state index contributed by atoms with van der Waals surface area (Å²) in [7, 11) is 3.16. The number of hydrogen-bond donors (Lipinski definition) is 1. The molecule has 3 rings (SSSR count). The lowest BCUT2D eigenvalue weighted by Crippen LogP contribution is -2.11. The zero-order valence-corrected chi connectivity index (χ0v) is 17.6. The number of aromatic nitrogens is 2. The van der Waals surface area contributed by atoms with Crippen molar-refractivity contribution in [1.82, 2.24) is 9.97 Å². The van der Waals surface area contributed by atoms with Gasteiger partial charge in [-0.2, -0.15) is 5.26 Å². The molecule has 0 aliphatic rings. The number of thioether (sulfide) groups is 1. The lowest BCUT2D eigenvalue weighted by molar-refractivity contribution is 0.355. The van der Waals surface area contributed by atoms with E-state index < -0.39 is 0 Å². The Hall–Kier alpha value is -3.24. The monoisotopic (exact) mass is 406 g/mol. The number of methoxy groups -OCH3 is 2. The average molecular weight is 407 g/mol. The Balaban J connectivity index is 2.09. The van der Waals surface area contributed by atoms with Gasteiger partial charge in [0.05, 0.1) is 19.9 Å². The molecule has 1 unspecified atom stereocenters. The second-order valence-corrected chi connectivity index (χ2v) is 7.01. The van der Waals surface area contributed by atoms with E-state index in [2.05, 4.69) is 21.4 Å². The fraction of sp³-hybridized carbons (Fsp3) is 0.227. The smallest absolute Gasteiger partial charge is 0.189 e. The van der Waals surface area contributed by atoms with Crippen molar-refractivity contribution in [2.75, 3.05) is 25.8 Å². The summed E-state index contributed by atoms with van der Waals surface area (Å²) < 4.78 is 10.7. The lowest BCUT2D eigenvalue weighted by atomic mass is 10.0. The molecule has 7 heteroatoms. The number of nitrogens with one attached hydrogen (secondary N) is 1. The molecule has 0 amide bonds. The molecule has 148 valence electrons. The van der Waals surface area contributed by atoms with Crippen molar-refractivity contribution in [3.63, 3.8) is 0 Å². The maximum Gasteiger partial charge on any atom is 0.189 e. The van der Waals surface area contributed by atoms with Crippen LogP contribution in [0.15, 0.2) is 53.7 Å². The van der Waals surface area contributed by atoms with Crippen LogP contribution in [-0.4, -0.2) is 30.4 Å². The summed E-state index contributed by atoms with van der Waals surface area (Å²) in [5.74, 6) is 1.70. The average Bonchev–Trinajstić information content (AvgIpc) is 2.78. The van der Waals surface area contributed by atoms with Gasteiger partial charge in [0, 0.05) is 11.6 Å². The number of benzene rings is 2. The second kappa shape index (κ2) is 9.30. The molecule has 0 saturated heterocycles. The van der Waals surface area contributed by atoms with Gasteiger partial charge in [0.2, 0.25) is 0 Å². The van der Waals surface area contributed by atoms with Gasteiger partial charge in [-0.25, -0.2) is 9.97 Å². The molecule has 0 radical (unpaired) electrons. The standard InChI is InChI=1S/C22H22N4O2S/c1-14(15-8-6-5-7-9-15)24-21-17(13-23)20(25-22(26-21)29-4)16-10-11-18(27-2)19(12-16)28-3/h5-12,14H,1-4H3,(H,24,25,26).